The number of hydrogen-bond donors (Lipinski definition) is 1. The van der Waals surface area contributed by atoms with Crippen LogP contribution >= 0.6 is 0 Å². The number of imidazole rings is 1. The lowest BCUT2D eigenvalue weighted by Gasteiger charge is -2.18. The Morgan fingerprint density at radius 3 is 2.19 bits per heavy atom. The maximum atomic E-state index is 12.8. The SMILES string of the molecule is Cc1cn2cc(NC(=O)CC(c3ccccc3)c3ccccc3)ccc2n1. The molecule has 4 aromatic rings. The second-order valence-corrected chi connectivity index (χ2v) is 6.69. The lowest BCUT2D eigenvalue weighted by molar-refractivity contribution is -0.116. The molecule has 2 aromatic carbocycles. The standard InChI is InChI=1S/C23H21N3O/c1-17-15-26-16-20(12-13-22(26)24-17)25-23(27)14-21(18-8-4-2-5-9-18)19-10-6-3-7-11-19/h2-13,15-16,21H,14H2,1H3,(H,25,27). The number of amides is 1. The number of anilines is 1. The summed E-state index contributed by atoms with van der Waals surface area (Å²) in [6, 6.07) is 24.1. The molecule has 0 unspecified atom stereocenters. The quantitative estimate of drug-likeness (QED) is 0.559. The van der Waals surface area contributed by atoms with Gasteiger partial charge in [-0.15, -0.1) is 0 Å². The molecular formula is C23H21N3O. The van der Waals surface area contributed by atoms with Gasteiger partial charge in [0, 0.05) is 24.7 Å². The van der Waals surface area contributed by atoms with Crippen molar-refractivity contribution in [1.82, 2.24) is 9.38 Å². The Morgan fingerprint density at radius 2 is 1.56 bits per heavy atom. The van der Waals surface area contributed by atoms with Crippen LogP contribution in [0, 0.1) is 6.92 Å². The first-order chi connectivity index (χ1) is 13.2. The van der Waals surface area contributed by atoms with E-state index in [0.29, 0.717) is 6.42 Å². The molecule has 0 bridgehead atoms. The number of aryl methyl sites for hydroxylation is 1. The van der Waals surface area contributed by atoms with Crippen LogP contribution in [-0.4, -0.2) is 15.3 Å². The molecule has 4 rings (SSSR count). The fraction of sp³-hybridized carbons (Fsp3) is 0.130. The van der Waals surface area contributed by atoms with Crippen molar-refractivity contribution in [3.05, 3.63) is 102 Å². The molecule has 0 spiro atoms. The maximum Gasteiger partial charge on any atom is 0.225 e. The number of nitrogens with zero attached hydrogens (tertiary/aromatic N) is 2. The highest BCUT2D eigenvalue weighted by molar-refractivity contribution is 5.91. The zero-order valence-electron chi connectivity index (χ0n) is 15.2. The minimum absolute atomic E-state index is 0.0103. The first-order valence-corrected chi connectivity index (χ1v) is 9.04. The molecule has 2 aromatic heterocycles. The molecule has 1 N–H and O–H groups in total. The van der Waals surface area contributed by atoms with Crippen LogP contribution in [0.3, 0.4) is 0 Å². The Balaban J connectivity index is 1.56. The Kier molecular flexibility index (Phi) is 4.71. The van der Waals surface area contributed by atoms with Crippen molar-refractivity contribution in [1.29, 1.82) is 0 Å². The van der Waals surface area contributed by atoms with Crippen LogP contribution in [0.5, 0.6) is 0 Å². The van der Waals surface area contributed by atoms with Gasteiger partial charge in [0.1, 0.15) is 5.65 Å². The zero-order valence-corrected chi connectivity index (χ0v) is 15.2. The molecule has 4 nitrogen and oxygen atoms in total. The minimum Gasteiger partial charge on any atom is -0.325 e. The molecule has 134 valence electrons. The molecule has 0 radical (unpaired) electrons. The van der Waals surface area contributed by atoms with E-state index in [-0.39, 0.29) is 11.8 Å². The molecule has 0 saturated carbocycles. The van der Waals surface area contributed by atoms with Crippen molar-refractivity contribution in [2.75, 3.05) is 5.32 Å². The summed E-state index contributed by atoms with van der Waals surface area (Å²) in [5, 5.41) is 3.03. The fourth-order valence-corrected chi connectivity index (χ4v) is 3.39. The van der Waals surface area contributed by atoms with Crippen molar-refractivity contribution >= 4 is 17.2 Å². The monoisotopic (exact) mass is 355 g/mol. The molecule has 0 aliphatic carbocycles. The van der Waals surface area contributed by atoms with Crippen molar-refractivity contribution in [3.8, 4) is 0 Å². The van der Waals surface area contributed by atoms with Gasteiger partial charge in [0.2, 0.25) is 5.91 Å². The van der Waals surface area contributed by atoms with Crippen LogP contribution in [0.4, 0.5) is 5.69 Å². The molecule has 2 heterocycles. The third-order valence-electron chi connectivity index (χ3n) is 4.65. The van der Waals surface area contributed by atoms with E-state index >= 15 is 0 Å². The average Bonchev–Trinajstić information content (AvgIpc) is 3.07. The summed E-state index contributed by atoms with van der Waals surface area (Å²) in [4.78, 5) is 17.2. The van der Waals surface area contributed by atoms with Gasteiger partial charge in [-0.05, 0) is 30.2 Å². The smallest absolute Gasteiger partial charge is 0.225 e. The van der Waals surface area contributed by atoms with Gasteiger partial charge in [-0.3, -0.25) is 4.79 Å². The number of carbonyl (C=O) groups is 1. The molecular weight excluding hydrogens is 334 g/mol. The van der Waals surface area contributed by atoms with Crippen LogP contribution in [0.2, 0.25) is 0 Å². The average molecular weight is 355 g/mol. The van der Waals surface area contributed by atoms with E-state index in [1.807, 2.05) is 72.2 Å². The summed E-state index contributed by atoms with van der Waals surface area (Å²) in [5.41, 5.74) is 4.87. The van der Waals surface area contributed by atoms with Gasteiger partial charge >= 0.3 is 0 Å². The molecule has 0 aliphatic rings. The van der Waals surface area contributed by atoms with E-state index in [0.717, 1.165) is 28.2 Å². The van der Waals surface area contributed by atoms with Gasteiger partial charge in [0.25, 0.3) is 0 Å². The number of carbonyl (C=O) groups excluding carboxylic acids is 1. The number of benzene rings is 2. The normalized spacial score (nSPS) is 11.0. The fourth-order valence-electron chi connectivity index (χ4n) is 3.39. The summed E-state index contributed by atoms with van der Waals surface area (Å²) in [7, 11) is 0. The minimum atomic E-state index is -0.0103. The number of pyridine rings is 1. The maximum absolute atomic E-state index is 12.8. The Morgan fingerprint density at radius 1 is 0.926 bits per heavy atom. The van der Waals surface area contributed by atoms with Crippen molar-refractivity contribution in [3.63, 3.8) is 0 Å². The molecule has 1 amide bonds. The van der Waals surface area contributed by atoms with Crippen LogP contribution in [0.25, 0.3) is 5.65 Å². The third-order valence-corrected chi connectivity index (χ3v) is 4.65. The lowest BCUT2D eigenvalue weighted by atomic mass is 9.88. The number of aromatic nitrogens is 2. The molecule has 0 saturated heterocycles. The van der Waals surface area contributed by atoms with Gasteiger partial charge in [0.05, 0.1) is 11.4 Å². The van der Waals surface area contributed by atoms with Gasteiger partial charge in [-0.25, -0.2) is 4.98 Å². The number of nitrogens with one attached hydrogen (secondary N) is 1. The first kappa shape index (κ1) is 17.0. The van der Waals surface area contributed by atoms with E-state index in [4.69, 9.17) is 0 Å². The van der Waals surface area contributed by atoms with Gasteiger partial charge in [-0.1, -0.05) is 60.7 Å². The summed E-state index contributed by atoms with van der Waals surface area (Å²) in [5.74, 6) is 0.00974. The van der Waals surface area contributed by atoms with Crippen molar-refractivity contribution < 1.29 is 4.79 Å². The summed E-state index contributed by atoms with van der Waals surface area (Å²) >= 11 is 0. The highest BCUT2D eigenvalue weighted by atomic mass is 16.1. The van der Waals surface area contributed by atoms with E-state index in [9.17, 15) is 4.79 Å². The second kappa shape index (κ2) is 7.46. The molecule has 0 atom stereocenters. The predicted octanol–water partition coefficient (Wildman–Crippen LogP) is 4.80. The molecule has 0 aliphatic heterocycles. The largest absolute Gasteiger partial charge is 0.325 e. The highest BCUT2D eigenvalue weighted by Gasteiger charge is 2.18. The van der Waals surface area contributed by atoms with Gasteiger partial charge in [0.15, 0.2) is 0 Å². The van der Waals surface area contributed by atoms with Gasteiger partial charge < -0.3 is 9.72 Å². The summed E-state index contributed by atoms with van der Waals surface area (Å²) in [6.07, 6.45) is 4.23. The topological polar surface area (TPSA) is 46.4 Å². The summed E-state index contributed by atoms with van der Waals surface area (Å²) in [6.45, 7) is 1.95. The number of hydrogen-bond acceptors (Lipinski definition) is 2. The number of rotatable bonds is 5. The third kappa shape index (κ3) is 3.90. The highest BCUT2D eigenvalue weighted by Crippen LogP contribution is 2.28. The van der Waals surface area contributed by atoms with Crippen molar-refractivity contribution in [2.24, 2.45) is 0 Å². The predicted molar refractivity (Wildman–Crippen MR) is 108 cm³/mol. The van der Waals surface area contributed by atoms with E-state index < -0.39 is 0 Å². The second-order valence-electron chi connectivity index (χ2n) is 6.69. The van der Waals surface area contributed by atoms with Crippen molar-refractivity contribution in [2.45, 2.75) is 19.3 Å². The van der Waals surface area contributed by atoms with E-state index in [1.165, 1.54) is 0 Å². The Labute approximate surface area is 158 Å². The Hall–Kier alpha value is -3.40. The first-order valence-electron chi connectivity index (χ1n) is 9.04. The van der Waals surface area contributed by atoms with Crippen LogP contribution < -0.4 is 5.32 Å². The van der Waals surface area contributed by atoms with Crippen LogP contribution in [-0.2, 0) is 4.79 Å². The number of fused-ring (bicyclic) bond motifs is 1. The van der Waals surface area contributed by atoms with E-state index in [2.05, 4.69) is 34.6 Å². The lowest BCUT2D eigenvalue weighted by Crippen LogP contribution is -2.16. The zero-order chi connectivity index (χ0) is 18.6. The van der Waals surface area contributed by atoms with Crippen LogP contribution in [0.1, 0.15) is 29.2 Å². The molecule has 4 heteroatoms. The van der Waals surface area contributed by atoms with E-state index in [1.54, 1.807) is 0 Å². The van der Waals surface area contributed by atoms with Gasteiger partial charge in [-0.2, -0.15) is 0 Å². The molecule has 27 heavy (non-hydrogen) atoms. The summed E-state index contributed by atoms with van der Waals surface area (Å²) < 4.78 is 1.93. The van der Waals surface area contributed by atoms with Crippen LogP contribution in [0.15, 0.2) is 85.2 Å². The molecule has 0 fully saturated rings. The Bertz CT molecular complexity index is 1020.